The van der Waals surface area contributed by atoms with Crippen molar-refractivity contribution in [2.24, 2.45) is 0 Å². The molecule has 1 nitrogen and oxygen atoms in total. The number of carbonyl (C=O) groups is 1. The summed E-state index contributed by atoms with van der Waals surface area (Å²) < 4.78 is 0. The summed E-state index contributed by atoms with van der Waals surface area (Å²) >= 11 is 0. The van der Waals surface area contributed by atoms with E-state index >= 15 is 0 Å². The van der Waals surface area contributed by atoms with Crippen LogP contribution < -0.4 is 0 Å². The summed E-state index contributed by atoms with van der Waals surface area (Å²) in [6.45, 7) is 4.24. The van der Waals surface area contributed by atoms with Gasteiger partial charge in [0.25, 0.3) is 0 Å². The monoisotopic (exact) mass is 210 g/mol. The van der Waals surface area contributed by atoms with Crippen LogP contribution in [0, 0.1) is 13.8 Å². The number of benzene rings is 2. The first kappa shape index (κ1) is 9.59. The normalized spacial score (nSPS) is 14.5. The third kappa shape index (κ3) is 1.15. The van der Waals surface area contributed by atoms with Crippen LogP contribution in [0.3, 0.4) is 0 Å². The molecule has 0 bridgehead atoms. The second kappa shape index (κ2) is 3.18. The van der Waals surface area contributed by atoms with Crippen molar-refractivity contribution in [3.8, 4) is 0 Å². The van der Waals surface area contributed by atoms with E-state index < -0.39 is 0 Å². The van der Waals surface area contributed by atoms with E-state index in [4.69, 9.17) is 0 Å². The van der Waals surface area contributed by atoms with Gasteiger partial charge >= 0.3 is 0 Å². The Morgan fingerprint density at radius 1 is 0.938 bits per heavy atom. The van der Waals surface area contributed by atoms with Gasteiger partial charge < -0.3 is 0 Å². The second-order valence-corrected chi connectivity index (χ2v) is 4.64. The average molecular weight is 210 g/mol. The fourth-order valence-electron chi connectivity index (χ4n) is 2.70. The molecule has 0 N–H and O–H groups in total. The number of rotatable bonds is 0. The summed E-state index contributed by atoms with van der Waals surface area (Å²) in [5.41, 5.74) is 4.86. The quantitative estimate of drug-likeness (QED) is 0.649. The Bertz CT molecular complexity index is 608. The van der Waals surface area contributed by atoms with Crippen LogP contribution in [0.2, 0.25) is 0 Å². The number of hydrogen-bond acceptors (Lipinski definition) is 1. The topological polar surface area (TPSA) is 17.1 Å². The zero-order chi connectivity index (χ0) is 11.3. The highest BCUT2D eigenvalue weighted by Crippen LogP contribution is 2.33. The zero-order valence-corrected chi connectivity index (χ0v) is 9.63. The first-order valence-electron chi connectivity index (χ1n) is 5.73. The average Bonchev–Trinajstić information content (AvgIpc) is 2.27. The van der Waals surface area contributed by atoms with Crippen molar-refractivity contribution in [2.75, 3.05) is 0 Å². The molecule has 0 heterocycles. The second-order valence-electron chi connectivity index (χ2n) is 4.64. The van der Waals surface area contributed by atoms with Crippen molar-refractivity contribution in [1.29, 1.82) is 0 Å². The van der Waals surface area contributed by atoms with Gasteiger partial charge in [0.2, 0.25) is 0 Å². The summed E-state index contributed by atoms with van der Waals surface area (Å²) in [6, 6.07) is 8.36. The van der Waals surface area contributed by atoms with Gasteiger partial charge in [-0.05, 0) is 47.7 Å². The highest BCUT2D eigenvalue weighted by molar-refractivity contribution is 6.12. The van der Waals surface area contributed by atoms with Gasteiger partial charge in [-0.25, -0.2) is 0 Å². The molecule has 16 heavy (non-hydrogen) atoms. The van der Waals surface area contributed by atoms with Crippen LogP contribution in [0.15, 0.2) is 24.3 Å². The van der Waals surface area contributed by atoms with Crippen molar-refractivity contribution in [3.63, 3.8) is 0 Å². The van der Waals surface area contributed by atoms with Gasteiger partial charge in [0.05, 0.1) is 0 Å². The summed E-state index contributed by atoms with van der Waals surface area (Å²) in [5, 5.41) is 2.45. The van der Waals surface area contributed by atoms with Crippen LogP contribution in [-0.2, 0) is 6.42 Å². The Morgan fingerprint density at radius 2 is 1.69 bits per heavy atom. The molecular weight excluding hydrogens is 196 g/mol. The van der Waals surface area contributed by atoms with Crippen LogP contribution >= 0.6 is 0 Å². The van der Waals surface area contributed by atoms with E-state index in [1.54, 1.807) is 0 Å². The van der Waals surface area contributed by atoms with Gasteiger partial charge in [0.15, 0.2) is 5.78 Å². The van der Waals surface area contributed by atoms with E-state index in [9.17, 15) is 4.79 Å². The minimum Gasteiger partial charge on any atom is -0.294 e. The number of Topliss-reactive ketones (excluding diaryl/α,β-unsaturated/α-hetero) is 1. The molecule has 0 aromatic heterocycles. The molecule has 1 aliphatic carbocycles. The van der Waals surface area contributed by atoms with E-state index in [0.717, 1.165) is 12.0 Å². The van der Waals surface area contributed by atoms with Crippen molar-refractivity contribution < 1.29 is 4.79 Å². The lowest BCUT2D eigenvalue weighted by Crippen LogP contribution is -2.11. The summed E-state index contributed by atoms with van der Waals surface area (Å²) in [7, 11) is 0. The maximum atomic E-state index is 11.9. The third-order valence-corrected chi connectivity index (χ3v) is 3.64. The van der Waals surface area contributed by atoms with Crippen molar-refractivity contribution in [2.45, 2.75) is 26.7 Å². The molecule has 0 amide bonds. The highest BCUT2D eigenvalue weighted by Gasteiger charge is 2.20. The molecule has 0 spiro atoms. The van der Waals surface area contributed by atoms with Crippen molar-refractivity contribution in [1.82, 2.24) is 0 Å². The molecule has 80 valence electrons. The van der Waals surface area contributed by atoms with Gasteiger partial charge in [0.1, 0.15) is 0 Å². The van der Waals surface area contributed by atoms with Crippen molar-refractivity contribution >= 4 is 16.6 Å². The van der Waals surface area contributed by atoms with E-state index in [1.165, 1.54) is 27.5 Å². The molecule has 1 aliphatic rings. The molecule has 0 aliphatic heterocycles. The fourth-order valence-corrected chi connectivity index (χ4v) is 2.70. The van der Waals surface area contributed by atoms with Crippen LogP contribution in [0.25, 0.3) is 10.8 Å². The molecule has 0 unspecified atom stereocenters. The molecule has 0 saturated carbocycles. The summed E-state index contributed by atoms with van der Waals surface area (Å²) in [4.78, 5) is 11.9. The number of aryl methyl sites for hydroxylation is 3. The number of hydrogen-bond donors (Lipinski definition) is 0. The minimum atomic E-state index is 0.295. The lowest BCUT2D eigenvalue weighted by Gasteiger charge is -2.19. The fraction of sp³-hybridized carbons (Fsp3) is 0.267. The Hall–Kier alpha value is -1.63. The molecule has 2 aromatic rings. The first-order valence-corrected chi connectivity index (χ1v) is 5.73. The zero-order valence-electron chi connectivity index (χ0n) is 9.63. The molecule has 0 fully saturated rings. The standard InChI is InChI=1S/C15H14O/c1-9-3-5-11-10(2)4-6-13-14(16)8-7-12(9)15(11)13/h3-6H,7-8H2,1-2H3. The molecule has 1 heteroatoms. The van der Waals surface area contributed by atoms with Crippen LogP contribution in [0.5, 0.6) is 0 Å². The van der Waals surface area contributed by atoms with E-state index in [-0.39, 0.29) is 0 Å². The maximum Gasteiger partial charge on any atom is 0.163 e. The summed E-state index contributed by atoms with van der Waals surface area (Å²) in [5.74, 6) is 0.295. The largest absolute Gasteiger partial charge is 0.294 e. The first-order chi connectivity index (χ1) is 7.68. The van der Waals surface area contributed by atoms with Crippen LogP contribution in [-0.4, -0.2) is 5.78 Å². The smallest absolute Gasteiger partial charge is 0.163 e. The predicted molar refractivity (Wildman–Crippen MR) is 66.1 cm³/mol. The molecule has 0 saturated heterocycles. The minimum absolute atomic E-state index is 0.295. The van der Waals surface area contributed by atoms with Gasteiger partial charge in [-0.2, -0.15) is 0 Å². The maximum absolute atomic E-state index is 11.9. The number of carbonyl (C=O) groups excluding carboxylic acids is 1. The predicted octanol–water partition coefficient (Wildman–Crippen LogP) is 3.59. The van der Waals surface area contributed by atoms with Gasteiger partial charge in [-0.15, -0.1) is 0 Å². The Balaban J connectivity index is 2.55. The highest BCUT2D eigenvalue weighted by atomic mass is 16.1. The van der Waals surface area contributed by atoms with E-state index in [0.29, 0.717) is 12.2 Å². The molecule has 3 rings (SSSR count). The number of ketones is 1. The SMILES string of the molecule is Cc1ccc2c(C)ccc3c2c1CCC3=O. The Morgan fingerprint density at radius 3 is 2.50 bits per heavy atom. The van der Waals surface area contributed by atoms with E-state index in [2.05, 4.69) is 32.0 Å². The summed E-state index contributed by atoms with van der Waals surface area (Å²) in [6.07, 6.45) is 1.56. The molecule has 0 atom stereocenters. The van der Waals surface area contributed by atoms with Crippen LogP contribution in [0.4, 0.5) is 0 Å². The molecule has 2 aromatic carbocycles. The lowest BCUT2D eigenvalue weighted by molar-refractivity contribution is 0.0982. The van der Waals surface area contributed by atoms with Gasteiger partial charge in [-0.3, -0.25) is 4.79 Å². The van der Waals surface area contributed by atoms with Crippen molar-refractivity contribution in [3.05, 3.63) is 46.5 Å². The lowest BCUT2D eigenvalue weighted by atomic mass is 9.84. The van der Waals surface area contributed by atoms with Gasteiger partial charge in [-0.1, -0.05) is 24.3 Å². The van der Waals surface area contributed by atoms with E-state index in [1.807, 2.05) is 6.07 Å². The Labute approximate surface area is 95.1 Å². The third-order valence-electron chi connectivity index (χ3n) is 3.64. The van der Waals surface area contributed by atoms with Gasteiger partial charge in [0, 0.05) is 12.0 Å². The molecule has 0 radical (unpaired) electrons. The molecular formula is C15H14O. The van der Waals surface area contributed by atoms with Crippen LogP contribution in [0.1, 0.15) is 33.5 Å². The Kier molecular flexibility index (Phi) is 1.90.